The van der Waals surface area contributed by atoms with E-state index >= 15 is 0 Å². The van der Waals surface area contributed by atoms with Crippen molar-refractivity contribution in [2.45, 2.75) is 6.10 Å². The van der Waals surface area contributed by atoms with Crippen molar-refractivity contribution in [3.63, 3.8) is 0 Å². The van der Waals surface area contributed by atoms with Crippen LogP contribution in [0.2, 0.25) is 0 Å². The van der Waals surface area contributed by atoms with E-state index in [2.05, 4.69) is 6.07 Å². The minimum Gasteiger partial charge on any atom is -0.493 e. The van der Waals surface area contributed by atoms with Crippen LogP contribution in [0.4, 0.5) is 0 Å². The molecule has 0 fully saturated rings. The van der Waals surface area contributed by atoms with Gasteiger partial charge >= 0.3 is 0 Å². The number of nitrogens with zero attached hydrogens (tertiary/aromatic N) is 1. The molecule has 2 aromatic carbocycles. The Labute approximate surface area is 129 Å². The molecule has 0 heterocycles. The van der Waals surface area contributed by atoms with E-state index in [9.17, 15) is 5.11 Å². The molecule has 0 spiro atoms. The number of thioether (sulfide) groups is 1. The zero-order valence-electron chi connectivity index (χ0n) is 11.6. The normalized spacial score (nSPS) is 11.6. The molecule has 4 heteroatoms. The number of aliphatic hydroxyl groups is 1. The smallest absolute Gasteiger partial charge is 0.120 e. The predicted molar refractivity (Wildman–Crippen MR) is 85.4 cm³/mol. The summed E-state index contributed by atoms with van der Waals surface area (Å²) in [5.74, 6) is 2.14. The van der Waals surface area contributed by atoms with Crippen molar-refractivity contribution in [3.05, 3.63) is 65.7 Å². The van der Waals surface area contributed by atoms with Crippen LogP contribution in [0.15, 0.2) is 54.6 Å². The molecule has 1 atom stereocenters. The lowest BCUT2D eigenvalue weighted by Crippen LogP contribution is -2.05. The first-order chi connectivity index (χ1) is 10.3. The van der Waals surface area contributed by atoms with E-state index in [0.717, 1.165) is 11.3 Å². The molecule has 3 nitrogen and oxygen atoms in total. The van der Waals surface area contributed by atoms with Crippen molar-refractivity contribution in [2.24, 2.45) is 0 Å². The molecule has 0 aliphatic carbocycles. The van der Waals surface area contributed by atoms with Crippen LogP contribution >= 0.6 is 11.8 Å². The maximum absolute atomic E-state index is 10.0. The molecule has 0 aliphatic heterocycles. The maximum Gasteiger partial charge on any atom is 0.120 e. The van der Waals surface area contributed by atoms with Crippen LogP contribution in [0.1, 0.15) is 17.2 Å². The van der Waals surface area contributed by atoms with Gasteiger partial charge < -0.3 is 9.84 Å². The van der Waals surface area contributed by atoms with Crippen molar-refractivity contribution in [3.8, 4) is 11.8 Å². The van der Waals surface area contributed by atoms with Crippen LogP contribution in [-0.4, -0.2) is 23.2 Å². The van der Waals surface area contributed by atoms with E-state index < -0.39 is 6.10 Å². The van der Waals surface area contributed by atoms with E-state index in [1.54, 1.807) is 30.0 Å². The molecule has 1 N–H and O–H groups in total. The van der Waals surface area contributed by atoms with Gasteiger partial charge in [0.05, 0.1) is 24.3 Å². The molecule has 0 radical (unpaired) electrons. The number of rotatable bonds is 7. The average molecular weight is 299 g/mol. The summed E-state index contributed by atoms with van der Waals surface area (Å²) in [5.41, 5.74) is 1.53. The fourth-order valence-corrected chi connectivity index (χ4v) is 2.62. The van der Waals surface area contributed by atoms with Gasteiger partial charge in [0.2, 0.25) is 0 Å². The molecule has 0 amide bonds. The highest BCUT2D eigenvalue weighted by molar-refractivity contribution is 7.99. The lowest BCUT2D eigenvalue weighted by molar-refractivity contribution is 0.204. The highest BCUT2D eigenvalue weighted by Gasteiger charge is 2.06. The van der Waals surface area contributed by atoms with Crippen LogP contribution in [-0.2, 0) is 0 Å². The van der Waals surface area contributed by atoms with Gasteiger partial charge in [-0.2, -0.15) is 17.0 Å². The summed E-state index contributed by atoms with van der Waals surface area (Å²) < 4.78 is 5.58. The largest absolute Gasteiger partial charge is 0.493 e. The number of nitriles is 1. The van der Waals surface area contributed by atoms with E-state index in [1.807, 2.05) is 36.4 Å². The van der Waals surface area contributed by atoms with Crippen LogP contribution < -0.4 is 4.74 Å². The highest BCUT2D eigenvalue weighted by Crippen LogP contribution is 2.18. The van der Waals surface area contributed by atoms with Gasteiger partial charge in [-0.25, -0.2) is 0 Å². The molecule has 2 aromatic rings. The predicted octanol–water partition coefficient (Wildman–Crippen LogP) is 3.40. The monoisotopic (exact) mass is 299 g/mol. The molecule has 0 bridgehead atoms. The third kappa shape index (κ3) is 5.14. The SMILES string of the molecule is N#Cc1cccc(OCCSCC(O)c2ccccc2)c1. The topological polar surface area (TPSA) is 53.2 Å². The fourth-order valence-electron chi connectivity index (χ4n) is 1.84. The van der Waals surface area contributed by atoms with Crippen LogP contribution in [0.5, 0.6) is 5.75 Å². The van der Waals surface area contributed by atoms with E-state index in [4.69, 9.17) is 10.00 Å². The van der Waals surface area contributed by atoms with Crippen molar-refractivity contribution in [1.29, 1.82) is 5.26 Å². The van der Waals surface area contributed by atoms with Gasteiger partial charge in [0, 0.05) is 11.5 Å². The molecular weight excluding hydrogens is 282 g/mol. The number of ether oxygens (including phenoxy) is 1. The summed E-state index contributed by atoms with van der Waals surface area (Å²) in [7, 11) is 0. The molecule has 0 aromatic heterocycles. The van der Waals surface area contributed by atoms with Crippen molar-refractivity contribution in [2.75, 3.05) is 18.1 Å². The molecule has 21 heavy (non-hydrogen) atoms. The summed E-state index contributed by atoms with van der Waals surface area (Å²) in [4.78, 5) is 0. The Morgan fingerprint density at radius 2 is 1.95 bits per heavy atom. The lowest BCUT2D eigenvalue weighted by atomic mass is 10.1. The third-order valence-corrected chi connectivity index (χ3v) is 3.93. The van der Waals surface area contributed by atoms with Gasteiger partial charge in [0.1, 0.15) is 5.75 Å². The Morgan fingerprint density at radius 1 is 1.14 bits per heavy atom. The van der Waals surface area contributed by atoms with Gasteiger partial charge in [-0.15, -0.1) is 0 Å². The van der Waals surface area contributed by atoms with Crippen molar-refractivity contribution >= 4 is 11.8 Å². The average Bonchev–Trinajstić information content (AvgIpc) is 2.55. The molecular formula is C17H17NO2S. The Kier molecular flexibility index (Phi) is 6.14. The van der Waals surface area contributed by atoms with Crippen molar-refractivity contribution in [1.82, 2.24) is 0 Å². The Morgan fingerprint density at radius 3 is 2.71 bits per heavy atom. The van der Waals surface area contributed by atoms with Gasteiger partial charge in [-0.05, 0) is 23.8 Å². The van der Waals surface area contributed by atoms with Gasteiger partial charge in [0.25, 0.3) is 0 Å². The Bertz CT molecular complexity index is 595. The summed E-state index contributed by atoms with van der Waals surface area (Å²) in [6, 6.07) is 18.8. The second kappa shape index (κ2) is 8.35. The molecule has 0 saturated carbocycles. The Hall–Kier alpha value is -1.96. The molecule has 0 aliphatic rings. The lowest BCUT2D eigenvalue weighted by Gasteiger charge is -2.11. The molecule has 1 unspecified atom stereocenters. The van der Waals surface area contributed by atoms with Gasteiger partial charge in [-0.1, -0.05) is 36.4 Å². The van der Waals surface area contributed by atoms with Gasteiger partial charge in [-0.3, -0.25) is 0 Å². The second-order valence-electron chi connectivity index (χ2n) is 4.49. The summed E-state index contributed by atoms with van der Waals surface area (Å²) >= 11 is 1.65. The minimum atomic E-state index is -0.446. The van der Waals surface area contributed by atoms with Crippen LogP contribution in [0.25, 0.3) is 0 Å². The number of benzene rings is 2. The maximum atomic E-state index is 10.0. The highest BCUT2D eigenvalue weighted by atomic mass is 32.2. The molecule has 2 rings (SSSR count). The van der Waals surface area contributed by atoms with E-state index in [1.165, 1.54) is 0 Å². The summed E-state index contributed by atoms with van der Waals surface area (Å²) in [6.07, 6.45) is -0.446. The number of hydrogen-bond acceptors (Lipinski definition) is 4. The second-order valence-corrected chi connectivity index (χ2v) is 5.64. The Balaban J connectivity index is 1.67. The number of aliphatic hydroxyl groups excluding tert-OH is 1. The summed E-state index contributed by atoms with van der Waals surface area (Å²) in [6.45, 7) is 0.557. The van der Waals surface area contributed by atoms with E-state index in [-0.39, 0.29) is 0 Å². The zero-order chi connectivity index (χ0) is 14.9. The van der Waals surface area contributed by atoms with Crippen molar-refractivity contribution < 1.29 is 9.84 Å². The molecule has 0 saturated heterocycles. The summed E-state index contributed by atoms with van der Waals surface area (Å²) in [5, 5.41) is 18.8. The first-order valence-corrected chi connectivity index (χ1v) is 7.89. The first kappa shape index (κ1) is 15.4. The number of hydrogen-bond donors (Lipinski definition) is 1. The quantitative estimate of drug-likeness (QED) is 0.796. The minimum absolute atomic E-state index is 0.446. The van der Waals surface area contributed by atoms with E-state index in [0.29, 0.717) is 23.7 Å². The van der Waals surface area contributed by atoms with Crippen LogP contribution in [0, 0.1) is 11.3 Å². The van der Waals surface area contributed by atoms with Crippen LogP contribution in [0.3, 0.4) is 0 Å². The standard InChI is InChI=1S/C17H17NO2S/c18-12-14-5-4-8-16(11-14)20-9-10-21-13-17(19)15-6-2-1-3-7-15/h1-8,11,17,19H,9-10,13H2. The third-order valence-electron chi connectivity index (χ3n) is 2.92. The molecule has 108 valence electrons. The zero-order valence-corrected chi connectivity index (χ0v) is 12.4. The fraction of sp³-hybridized carbons (Fsp3) is 0.235. The first-order valence-electron chi connectivity index (χ1n) is 6.73. The van der Waals surface area contributed by atoms with Gasteiger partial charge in [0.15, 0.2) is 0 Å².